The van der Waals surface area contributed by atoms with Crippen LogP contribution in [0.1, 0.15) is 28.3 Å². The number of likely N-dealkylation sites (N-methyl/N-ethyl adjacent to an activating group) is 1. The molecule has 6 atom stereocenters. The number of benzene rings is 1. The highest BCUT2D eigenvalue weighted by molar-refractivity contribution is 5.94. The third-order valence-corrected chi connectivity index (χ3v) is 6.36. The second-order valence-corrected chi connectivity index (χ2v) is 7.38. The van der Waals surface area contributed by atoms with Crippen LogP contribution < -0.4 is 4.74 Å². The SMILES string of the molecule is COc1cc2c(cc1O)C(=O)OC1C(OC)C3OC34CCN(C)C4C21. The Labute approximate surface area is 145 Å². The zero-order chi connectivity index (χ0) is 17.5. The number of fused-ring (bicyclic) bond motifs is 4. The van der Waals surface area contributed by atoms with E-state index in [0.29, 0.717) is 11.3 Å². The fourth-order valence-corrected chi connectivity index (χ4v) is 5.26. The highest BCUT2D eigenvalue weighted by Crippen LogP contribution is 2.61. The Hall–Kier alpha value is -1.83. The lowest BCUT2D eigenvalue weighted by atomic mass is 9.69. The van der Waals surface area contributed by atoms with E-state index >= 15 is 0 Å². The van der Waals surface area contributed by atoms with Crippen LogP contribution in [-0.4, -0.2) is 73.7 Å². The van der Waals surface area contributed by atoms with Crippen LogP contribution in [0.5, 0.6) is 11.5 Å². The van der Waals surface area contributed by atoms with Crippen LogP contribution in [0.4, 0.5) is 0 Å². The molecule has 7 nitrogen and oxygen atoms in total. The molecule has 3 heterocycles. The monoisotopic (exact) mass is 347 g/mol. The Bertz CT molecular complexity index is 766. The van der Waals surface area contributed by atoms with Crippen molar-refractivity contribution in [1.82, 2.24) is 4.90 Å². The maximum Gasteiger partial charge on any atom is 0.338 e. The summed E-state index contributed by atoms with van der Waals surface area (Å²) in [5, 5.41) is 10.1. The highest BCUT2D eigenvalue weighted by atomic mass is 16.7. The molecule has 5 rings (SSSR count). The van der Waals surface area contributed by atoms with Gasteiger partial charge in [0.25, 0.3) is 0 Å². The molecular weight excluding hydrogens is 326 g/mol. The number of esters is 1. The van der Waals surface area contributed by atoms with Gasteiger partial charge in [0.15, 0.2) is 11.5 Å². The third-order valence-electron chi connectivity index (χ3n) is 6.36. The Kier molecular flexibility index (Phi) is 3.01. The van der Waals surface area contributed by atoms with Gasteiger partial charge in [-0.25, -0.2) is 4.79 Å². The summed E-state index contributed by atoms with van der Waals surface area (Å²) in [6.07, 6.45) is 0.206. The molecule has 0 aromatic heterocycles. The van der Waals surface area contributed by atoms with Gasteiger partial charge in [-0.15, -0.1) is 0 Å². The van der Waals surface area contributed by atoms with Gasteiger partial charge in [-0.05, 0) is 31.2 Å². The van der Waals surface area contributed by atoms with Crippen molar-refractivity contribution in [2.24, 2.45) is 0 Å². The van der Waals surface area contributed by atoms with E-state index in [-0.39, 0.29) is 35.5 Å². The first-order valence-electron chi connectivity index (χ1n) is 8.54. The van der Waals surface area contributed by atoms with Crippen LogP contribution in [0.25, 0.3) is 0 Å². The number of methoxy groups -OCH3 is 2. The van der Waals surface area contributed by atoms with Gasteiger partial charge in [0.05, 0.1) is 18.7 Å². The fourth-order valence-electron chi connectivity index (χ4n) is 5.26. The summed E-state index contributed by atoms with van der Waals surface area (Å²) in [6, 6.07) is 3.31. The maximum absolute atomic E-state index is 12.6. The van der Waals surface area contributed by atoms with Crippen LogP contribution in [0.2, 0.25) is 0 Å². The topological polar surface area (TPSA) is 80.8 Å². The molecule has 134 valence electrons. The van der Waals surface area contributed by atoms with Gasteiger partial charge in [0.2, 0.25) is 0 Å². The van der Waals surface area contributed by atoms with E-state index in [0.717, 1.165) is 18.5 Å². The normalized spacial score (nSPS) is 41.2. The standard InChI is InChI=1S/C18H21NO6/c1-19-5-4-18-15(19)12-8-7-11(22-2)10(20)6-9(8)17(21)24-13(12)14(23-3)16(18)25-18/h6-7,12-16,20H,4-5H2,1-3H3. The van der Waals surface area contributed by atoms with Crippen molar-refractivity contribution in [3.63, 3.8) is 0 Å². The molecule has 7 heteroatoms. The van der Waals surface area contributed by atoms with Gasteiger partial charge in [-0.2, -0.15) is 0 Å². The molecule has 3 aliphatic heterocycles. The predicted molar refractivity (Wildman–Crippen MR) is 86.0 cm³/mol. The fraction of sp³-hybridized carbons (Fsp3) is 0.611. The van der Waals surface area contributed by atoms with Gasteiger partial charge in [-0.3, -0.25) is 4.90 Å². The lowest BCUT2D eigenvalue weighted by Crippen LogP contribution is -2.59. The molecule has 0 radical (unpaired) electrons. The number of aromatic hydroxyl groups is 1. The molecule has 1 aliphatic carbocycles. The van der Waals surface area contributed by atoms with E-state index in [1.165, 1.54) is 13.2 Å². The van der Waals surface area contributed by atoms with Crippen LogP contribution >= 0.6 is 0 Å². The van der Waals surface area contributed by atoms with Crippen molar-refractivity contribution in [2.75, 3.05) is 27.8 Å². The molecule has 1 aromatic carbocycles. The quantitative estimate of drug-likeness (QED) is 0.629. The molecule has 2 saturated heterocycles. The molecule has 0 bridgehead atoms. The molecule has 4 aliphatic rings. The molecule has 1 spiro atoms. The van der Waals surface area contributed by atoms with Crippen molar-refractivity contribution in [2.45, 2.75) is 42.3 Å². The molecule has 3 fully saturated rings. The number of hydrogen-bond donors (Lipinski definition) is 1. The van der Waals surface area contributed by atoms with Crippen molar-refractivity contribution in [3.8, 4) is 11.5 Å². The van der Waals surface area contributed by atoms with E-state index in [1.807, 2.05) is 0 Å². The number of hydrogen-bond acceptors (Lipinski definition) is 7. The minimum absolute atomic E-state index is 0.0398. The zero-order valence-electron chi connectivity index (χ0n) is 14.4. The first-order valence-corrected chi connectivity index (χ1v) is 8.54. The van der Waals surface area contributed by atoms with Crippen molar-refractivity contribution >= 4 is 5.97 Å². The van der Waals surface area contributed by atoms with Gasteiger partial charge in [-0.1, -0.05) is 0 Å². The van der Waals surface area contributed by atoms with Crippen LogP contribution in [0.15, 0.2) is 12.1 Å². The van der Waals surface area contributed by atoms with E-state index in [1.54, 1.807) is 13.2 Å². The molecule has 0 amide bonds. The molecule has 1 aromatic rings. The minimum Gasteiger partial charge on any atom is -0.504 e. The second kappa shape index (κ2) is 4.87. The highest BCUT2D eigenvalue weighted by Gasteiger charge is 2.76. The second-order valence-electron chi connectivity index (χ2n) is 7.38. The first kappa shape index (κ1) is 15.4. The van der Waals surface area contributed by atoms with Crippen molar-refractivity contribution in [3.05, 3.63) is 23.3 Å². The van der Waals surface area contributed by atoms with Crippen LogP contribution in [0, 0.1) is 0 Å². The average Bonchev–Trinajstić information content (AvgIpc) is 3.23. The molecular formula is C18H21NO6. The number of carbonyl (C=O) groups is 1. The van der Waals surface area contributed by atoms with Crippen molar-refractivity contribution in [1.29, 1.82) is 0 Å². The number of likely N-dealkylation sites (tertiary alicyclic amines) is 1. The summed E-state index contributed by atoms with van der Waals surface area (Å²) in [4.78, 5) is 14.8. The van der Waals surface area contributed by atoms with Crippen LogP contribution in [0.3, 0.4) is 0 Å². The summed E-state index contributed by atoms with van der Waals surface area (Å²) >= 11 is 0. The van der Waals surface area contributed by atoms with Gasteiger partial charge in [0, 0.05) is 19.6 Å². The van der Waals surface area contributed by atoms with E-state index in [4.69, 9.17) is 18.9 Å². The third kappa shape index (κ3) is 1.78. The van der Waals surface area contributed by atoms with E-state index in [2.05, 4.69) is 11.9 Å². The van der Waals surface area contributed by atoms with Crippen molar-refractivity contribution < 1.29 is 28.8 Å². The lowest BCUT2D eigenvalue weighted by molar-refractivity contribution is -0.0778. The number of ether oxygens (including phenoxy) is 4. The summed E-state index contributed by atoms with van der Waals surface area (Å²) in [5.74, 6) is -0.232. The Morgan fingerprint density at radius 3 is 2.88 bits per heavy atom. The molecule has 1 saturated carbocycles. The number of nitrogens with zero attached hydrogens (tertiary/aromatic N) is 1. The summed E-state index contributed by atoms with van der Waals surface area (Å²) in [7, 11) is 5.22. The van der Waals surface area contributed by atoms with Crippen LogP contribution in [-0.2, 0) is 14.2 Å². The number of rotatable bonds is 2. The van der Waals surface area contributed by atoms with E-state index in [9.17, 15) is 9.90 Å². The predicted octanol–water partition coefficient (Wildman–Crippen LogP) is 0.894. The number of epoxide rings is 1. The Balaban J connectivity index is 1.70. The number of phenolic OH excluding ortho intramolecular Hbond substituents is 1. The summed E-state index contributed by atoms with van der Waals surface area (Å²) < 4.78 is 22.9. The molecule has 6 unspecified atom stereocenters. The largest absolute Gasteiger partial charge is 0.504 e. The minimum atomic E-state index is -0.440. The van der Waals surface area contributed by atoms with Gasteiger partial charge >= 0.3 is 5.97 Å². The Morgan fingerprint density at radius 1 is 1.36 bits per heavy atom. The lowest BCUT2D eigenvalue weighted by Gasteiger charge is -2.45. The number of carbonyl (C=O) groups excluding carboxylic acids is 1. The Morgan fingerprint density at radius 2 is 2.16 bits per heavy atom. The maximum atomic E-state index is 12.6. The summed E-state index contributed by atoms with van der Waals surface area (Å²) in [6.45, 7) is 0.930. The zero-order valence-corrected chi connectivity index (χ0v) is 14.4. The summed E-state index contributed by atoms with van der Waals surface area (Å²) in [5.41, 5.74) is 0.997. The van der Waals surface area contributed by atoms with E-state index < -0.39 is 12.1 Å². The first-order chi connectivity index (χ1) is 12.0. The smallest absolute Gasteiger partial charge is 0.338 e. The number of phenols is 1. The van der Waals surface area contributed by atoms with Gasteiger partial charge < -0.3 is 24.1 Å². The molecule has 1 N–H and O–H groups in total. The average molecular weight is 347 g/mol. The molecule has 25 heavy (non-hydrogen) atoms. The van der Waals surface area contributed by atoms with Gasteiger partial charge in [0.1, 0.15) is 23.9 Å².